The van der Waals surface area contributed by atoms with Crippen molar-refractivity contribution in [3.8, 4) is 11.3 Å². The van der Waals surface area contributed by atoms with Crippen LogP contribution in [0.4, 0.5) is 0 Å². The number of carbonyl (C=O) groups is 1. The molecule has 3 aromatic heterocycles. The smallest absolute Gasteiger partial charge is 0.351 e. The summed E-state index contributed by atoms with van der Waals surface area (Å²) in [6, 6.07) is 13.6. The Balaban J connectivity index is 1.55. The minimum absolute atomic E-state index is 0.130. The first-order valence-electron chi connectivity index (χ1n) is 8.24. The summed E-state index contributed by atoms with van der Waals surface area (Å²) in [7, 11) is 0. The van der Waals surface area contributed by atoms with Gasteiger partial charge in [-0.1, -0.05) is 36.4 Å². The monoisotopic (exact) mass is 363 g/mol. The minimum Gasteiger partial charge on any atom is -0.455 e. The average molecular weight is 363 g/mol. The summed E-state index contributed by atoms with van der Waals surface area (Å²) >= 11 is 1.35. The molecule has 0 bridgehead atoms. The van der Waals surface area contributed by atoms with Gasteiger partial charge in [-0.15, -0.1) is 11.3 Å². The topological polar surface area (TPSA) is 56.5 Å². The summed E-state index contributed by atoms with van der Waals surface area (Å²) in [5.74, 6) is -0.373. The Labute approximate surface area is 154 Å². The highest BCUT2D eigenvalue weighted by molar-refractivity contribution is 7.14. The van der Waals surface area contributed by atoms with Crippen molar-refractivity contribution in [3.63, 3.8) is 0 Å². The van der Waals surface area contributed by atoms with Gasteiger partial charge in [0.1, 0.15) is 17.1 Å². The molecule has 4 rings (SSSR count). The van der Waals surface area contributed by atoms with Crippen molar-refractivity contribution in [3.05, 3.63) is 76.0 Å². The highest BCUT2D eigenvalue weighted by Crippen LogP contribution is 2.28. The van der Waals surface area contributed by atoms with E-state index in [1.807, 2.05) is 73.1 Å². The molecule has 0 spiro atoms. The number of carbonyl (C=O) groups excluding carboxylic acids is 1. The van der Waals surface area contributed by atoms with E-state index in [0.29, 0.717) is 16.3 Å². The molecule has 0 radical (unpaired) electrons. The number of ether oxygens (including phenoxy) is 1. The fraction of sp³-hybridized carbons (Fsp3) is 0.150. The number of nitrogens with zero attached hydrogens (tertiary/aromatic N) is 3. The Hall–Kier alpha value is -2.99. The minimum atomic E-state index is -0.373. The molecule has 5 nitrogen and oxygen atoms in total. The maximum Gasteiger partial charge on any atom is 0.351 e. The molecule has 130 valence electrons. The molecule has 0 amide bonds. The molecule has 4 aromatic rings. The number of aromatic nitrogens is 3. The molecule has 0 saturated heterocycles. The summed E-state index contributed by atoms with van der Waals surface area (Å²) in [4.78, 5) is 22.1. The Morgan fingerprint density at radius 1 is 1.08 bits per heavy atom. The molecule has 3 heterocycles. The lowest BCUT2D eigenvalue weighted by atomic mass is 10.1. The first-order valence-corrected chi connectivity index (χ1v) is 9.06. The quantitative estimate of drug-likeness (QED) is 0.503. The van der Waals surface area contributed by atoms with E-state index in [0.717, 1.165) is 21.8 Å². The lowest BCUT2D eigenvalue weighted by molar-refractivity contribution is 0.0475. The van der Waals surface area contributed by atoms with Gasteiger partial charge in [0.2, 0.25) is 0 Å². The van der Waals surface area contributed by atoms with Crippen LogP contribution in [0.1, 0.15) is 25.9 Å². The van der Waals surface area contributed by atoms with Gasteiger partial charge in [0.05, 0.1) is 16.4 Å². The predicted molar refractivity (Wildman–Crippen MR) is 101 cm³/mol. The number of pyridine rings is 1. The van der Waals surface area contributed by atoms with Gasteiger partial charge >= 0.3 is 5.97 Å². The molecular weight excluding hydrogens is 346 g/mol. The Bertz CT molecular complexity index is 1080. The molecule has 1 aromatic carbocycles. The number of esters is 1. The van der Waals surface area contributed by atoms with Crippen LogP contribution in [0, 0.1) is 13.8 Å². The number of hydrogen-bond donors (Lipinski definition) is 0. The third kappa shape index (κ3) is 3.23. The number of rotatable bonds is 4. The number of imidazole rings is 1. The van der Waals surface area contributed by atoms with Crippen molar-refractivity contribution in [2.24, 2.45) is 0 Å². The molecule has 26 heavy (non-hydrogen) atoms. The van der Waals surface area contributed by atoms with Crippen molar-refractivity contribution >= 4 is 23.0 Å². The highest BCUT2D eigenvalue weighted by Gasteiger charge is 2.20. The SMILES string of the molecule is Cc1ccc2nc(COC(=O)c3sc(C)nc3-c3ccccc3)cn2c1. The molecule has 0 aliphatic rings. The van der Waals surface area contributed by atoms with Gasteiger partial charge in [0.25, 0.3) is 0 Å². The van der Waals surface area contributed by atoms with E-state index in [4.69, 9.17) is 4.74 Å². The van der Waals surface area contributed by atoms with E-state index in [-0.39, 0.29) is 12.6 Å². The summed E-state index contributed by atoms with van der Waals surface area (Å²) in [5.41, 5.74) is 4.27. The molecule has 0 N–H and O–H groups in total. The Morgan fingerprint density at radius 2 is 1.88 bits per heavy atom. The lowest BCUT2D eigenvalue weighted by Gasteiger charge is -2.03. The van der Waals surface area contributed by atoms with Crippen LogP contribution in [-0.2, 0) is 11.3 Å². The first kappa shape index (κ1) is 16.5. The van der Waals surface area contributed by atoms with Crippen LogP contribution in [0.5, 0.6) is 0 Å². The number of benzene rings is 1. The van der Waals surface area contributed by atoms with Crippen molar-refractivity contribution < 1.29 is 9.53 Å². The zero-order valence-corrected chi connectivity index (χ0v) is 15.3. The molecule has 6 heteroatoms. The van der Waals surface area contributed by atoms with Gasteiger partial charge in [0.15, 0.2) is 0 Å². The molecule has 0 aliphatic heterocycles. The van der Waals surface area contributed by atoms with Gasteiger partial charge in [-0.25, -0.2) is 14.8 Å². The van der Waals surface area contributed by atoms with Gasteiger partial charge in [-0.2, -0.15) is 0 Å². The molecule has 0 aliphatic carbocycles. The van der Waals surface area contributed by atoms with Crippen molar-refractivity contribution in [2.75, 3.05) is 0 Å². The van der Waals surface area contributed by atoms with Crippen LogP contribution in [0.15, 0.2) is 54.9 Å². The molecule has 0 unspecified atom stereocenters. The first-order chi connectivity index (χ1) is 12.6. The van der Waals surface area contributed by atoms with Crippen molar-refractivity contribution in [2.45, 2.75) is 20.5 Å². The largest absolute Gasteiger partial charge is 0.455 e. The van der Waals surface area contributed by atoms with Gasteiger partial charge in [-0.3, -0.25) is 0 Å². The standard InChI is InChI=1S/C20H17N3O2S/c1-13-8-9-17-22-16(11-23(17)10-13)12-25-20(24)19-18(21-14(2)26-19)15-6-4-3-5-7-15/h3-11H,12H2,1-2H3. The van der Waals surface area contributed by atoms with Gasteiger partial charge in [-0.05, 0) is 25.5 Å². The van der Waals surface area contributed by atoms with E-state index >= 15 is 0 Å². The molecule has 0 saturated carbocycles. The number of aryl methyl sites for hydroxylation is 2. The highest BCUT2D eigenvalue weighted by atomic mass is 32.1. The third-order valence-electron chi connectivity index (χ3n) is 3.97. The zero-order chi connectivity index (χ0) is 18.1. The molecule has 0 fully saturated rings. The molecule has 0 atom stereocenters. The maximum absolute atomic E-state index is 12.6. The Kier molecular flexibility index (Phi) is 4.26. The fourth-order valence-corrected chi connectivity index (χ4v) is 3.62. The van der Waals surface area contributed by atoms with Crippen molar-refractivity contribution in [1.29, 1.82) is 0 Å². The van der Waals surface area contributed by atoms with Crippen LogP contribution in [0.3, 0.4) is 0 Å². The van der Waals surface area contributed by atoms with Crippen LogP contribution in [0.2, 0.25) is 0 Å². The number of hydrogen-bond acceptors (Lipinski definition) is 5. The second-order valence-electron chi connectivity index (χ2n) is 6.06. The summed E-state index contributed by atoms with van der Waals surface area (Å²) in [6.45, 7) is 4.04. The zero-order valence-electron chi connectivity index (χ0n) is 14.5. The summed E-state index contributed by atoms with van der Waals surface area (Å²) < 4.78 is 7.44. The predicted octanol–water partition coefficient (Wildman–Crippen LogP) is 4.43. The van der Waals surface area contributed by atoms with E-state index < -0.39 is 0 Å². The van der Waals surface area contributed by atoms with E-state index in [9.17, 15) is 4.79 Å². The fourth-order valence-electron chi connectivity index (χ4n) is 2.79. The van der Waals surface area contributed by atoms with Gasteiger partial charge < -0.3 is 9.14 Å². The van der Waals surface area contributed by atoms with Crippen molar-refractivity contribution in [1.82, 2.24) is 14.4 Å². The van der Waals surface area contributed by atoms with Crippen LogP contribution in [0.25, 0.3) is 16.9 Å². The van der Waals surface area contributed by atoms with E-state index in [2.05, 4.69) is 9.97 Å². The second-order valence-corrected chi connectivity index (χ2v) is 7.26. The van der Waals surface area contributed by atoms with Crippen LogP contribution < -0.4 is 0 Å². The summed E-state index contributed by atoms with van der Waals surface area (Å²) in [5, 5.41) is 0.832. The second kappa shape index (κ2) is 6.72. The Morgan fingerprint density at radius 3 is 2.69 bits per heavy atom. The van der Waals surface area contributed by atoms with Gasteiger partial charge in [0, 0.05) is 18.0 Å². The third-order valence-corrected chi connectivity index (χ3v) is 4.92. The summed E-state index contributed by atoms with van der Waals surface area (Å²) in [6.07, 6.45) is 3.87. The van der Waals surface area contributed by atoms with Crippen LogP contribution in [-0.4, -0.2) is 20.3 Å². The van der Waals surface area contributed by atoms with Crippen LogP contribution >= 0.6 is 11.3 Å². The van der Waals surface area contributed by atoms with E-state index in [1.165, 1.54) is 11.3 Å². The number of thiazole rings is 1. The lowest BCUT2D eigenvalue weighted by Crippen LogP contribution is -2.05. The average Bonchev–Trinajstić information content (AvgIpc) is 3.23. The number of fused-ring (bicyclic) bond motifs is 1. The molecular formula is C20H17N3O2S. The van der Waals surface area contributed by atoms with E-state index in [1.54, 1.807) is 0 Å². The maximum atomic E-state index is 12.6. The normalized spacial score (nSPS) is 11.0.